The number of aromatic nitrogens is 16. The van der Waals surface area contributed by atoms with Crippen LogP contribution >= 0.6 is 15.9 Å². The molecule has 8 heterocycles. The third-order valence-corrected chi connectivity index (χ3v) is 9.65. The summed E-state index contributed by atoms with van der Waals surface area (Å²) in [6.45, 7) is 25.5. The van der Waals surface area contributed by atoms with Crippen molar-refractivity contribution in [3.8, 4) is 0 Å². The Hall–Kier alpha value is -8.07. The Balaban J connectivity index is 0.000000197. The van der Waals surface area contributed by atoms with Crippen LogP contribution < -0.4 is 39.3 Å². The molecule has 1 amide bonds. The van der Waals surface area contributed by atoms with Crippen LogP contribution in [0.2, 0.25) is 0 Å². The van der Waals surface area contributed by atoms with Gasteiger partial charge in [-0.2, -0.15) is 0 Å². The van der Waals surface area contributed by atoms with Crippen molar-refractivity contribution in [3.05, 3.63) is 114 Å². The summed E-state index contributed by atoms with van der Waals surface area (Å²) in [5, 5.41) is 7.29. The maximum absolute atomic E-state index is 11.7. The first kappa shape index (κ1) is 53.5. The van der Waals surface area contributed by atoms with E-state index in [1.807, 2.05) is 30.4 Å². The van der Waals surface area contributed by atoms with Crippen LogP contribution in [0.3, 0.4) is 0 Å². The number of alkyl halides is 1. The summed E-state index contributed by atoms with van der Waals surface area (Å²) < 4.78 is 7.66. The fourth-order valence-corrected chi connectivity index (χ4v) is 6.33. The molecule has 364 valence electrons. The molecular formula is C43H59BrN24O. The summed E-state index contributed by atoms with van der Waals surface area (Å²) in [4.78, 5) is 62.1. The zero-order chi connectivity index (χ0) is 50.0. The highest BCUT2D eigenvalue weighted by molar-refractivity contribution is 9.09. The molecule has 0 aliphatic rings. The molecule has 0 aromatic carbocycles. The van der Waals surface area contributed by atoms with Gasteiger partial charge in [-0.3, -0.25) is 4.79 Å². The van der Waals surface area contributed by atoms with Crippen LogP contribution in [0.4, 0.5) is 23.3 Å². The van der Waals surface area contributed by atoms with Crippen molar-refractivity contribution in [3.63, 3.8) is 0 Å². The molecule has 0 atom stereocenters. The van der Waals surface area contributed by atoms with E-state index in [4.69, 9.17) is 28.7 Å². The summed E-state index contributed by atoms with van der Waals surface area (Å²) in [6, 6.07) is 0. The number of nitrogens with zero attached hydrogens (tertiary/aromatic N) is 17. The average Bonchev–Trinajstić information content (AvgIpc) is 4.19. The van der Waals surface area contributed by atoms with E-state index in [2.05, 4.69) is 119 Å². The maximum Gasteiger partial charge on any atom is 0.246 e. The second-order valence-electron chi connectivity index (χ2n) is 14.0. The van der Waals surface area contributed by atoms with Crippen LogP contribution in [0.15, 0.2) is 114 Å². The number of hydrogen-bond acceptors (Lipinski definition) is 20. The third kappa shape index (κ3) is 15.5. The standard InChI is InChI=1S/C13H16N6O.2C10H14N6.C7H8BrN5.C3H7N/c1-3-5-18(10(20)4-2)6-7-19-9-17-11-12(14)15-8-16-13(11)19;2*1-2-3-12-4-5-16-7-15-8-9(11)13-6-14-10(8)16;8-1-2-13-4-12-5-6(9)10-3-11-7(5)13;1-2-3-4/h3-4,8-9H,1-2,5-7H2,(H2,14,15,16);2*2,6-7,12H,1,3-5H2,(H2,11,13,14);3-4H,1-2H2,(H2,9,10,11);2H,1,3-4H2. The Morgan fingerprint density at radius 2 is 0.884 bits per heavy atom. The quantitative estimate of drug-likeness (QED) is 0.0263. The number of carbonyl (C=O) groups is 1. The van der Waals surface area contributed by atoms with Crippen LogP contribution in [0, 0.1) is 0 Å². The smallest absolute Gasteiger partial charge is 0.246 e. The molecule has 12 N–H and O–H groups in total. The molecule has 8 rings (SSSR count). The van der Waals surface area contributed by atoms with Gasteiger partial charge in [0.1, 0.15) is 47.4 Å². The summed E-state index contributed by atoms with van der Waals surface area (Å²) >= 11 is 3.35. The van der Waals surface area contributed by atoms with Crippen molar-refractivity contribution in [2.24, 2.45) is 5.73 Å². The van der Waals surface area contributed by atoms with Gasteiger partial charge in [0, 0.05) is 77.3 Å². The summed E-state index contributed by atoms with van der Waals surface area (Å²) in [6.07, 6.45) is 20.8. The first-order chi connectivity index (χ1) is 33.6. The number of anilines is 4. The molecule has 26 heteroatoms. The lowest BCUT2D eigenvalue weighted by molar-refractivity contribution is -0.125. The maximum atomic E-state index is 11.7. The molecule has 0 aliphatic heterocycles. The van der Waals surface area contributed by atoms with Crippen molar-refractivity contribution in [2.75, 3.05) is 74.1 Å². The van der Waals surface area contributed by atoms with E-state index in [1.165, 1.54) is 31.4 Å². The lowest BCUT2D eigenvalue weighted by Crippen LogP contribution is -2.32. The zero-order valence-corrected chi connectivity index (χ0v) is 39.9. The second kappa shape index (κ2) is 28.9. The molecular weight excluding hydrogens is 949 g/mol. The van der Waals surface area contributed by atoms with Crippen molar-refractivity contribution in [2.45, 2.75) is 26.2 Å². The molecule has 8 aromatic rings. The van der Waals surface area contributed by atoms with Gasteiger partial charge in [0.05, 0.1) is 25.3 Å². The van der Waals surface area contributed by atoms with Crippen molar-refractivity contribution in [1.82, 2.24) is 93.6 Å². The topological polar surface area (TPSA) is 349 Å². The number of imidazole rings is 4. The first-order valence-corrected chi connectivity index (χ1v) is 22.4. The van der Waals surface area contributed by atoms with Gasteiger partial charge in [0.25, 0.3) is 0 Å². The SMILES string of the molecule is C=CCN.C=CCN(CCn1cnc2c(N)ncnc21)C(=O)C=C.C=CCNCCn1cnc2c(N)ncnc21.C=CCNCCn1cnc2c(N)ncnc21.Nc1ncnc2c1ncn2CCBr. The number of nitrogens with two attached hydrogens (primary N) is 5. The number of aryl methyl sites for hydroxylation is 1. The number of rotatable bonds is 19. The van der Waals surface area contributed by atoms with Crippen LogP contribution in [0.25, 0.3) is 44.7 Å². The van der Waals surface area contributed by atoms with Crippen molar-refractivity contribution >= 4 is 89.8 Å². The summed E-state index contributed by atoms with van der Waals surface area (Å²) in [7, 11) is 0. The van der Waals surface area contributed by atoms with Crippen LogP contribution in [-0.4, -0.2) is 140 Å². The minimum absolute atomic E-state index is 0.136. The number of halogens is 1. The Labute approximate surface area is 406 Å². The minimum atomic E-state index is -0.136. The lowest BCUT2D eigenvalue weighted by Gasteiger charge is -2.19. The third-order valence-electron chi connectivity index (χ3n) is 9.29. The van der Waals surface area contributed by atoms with E-state index >= 15 is 0 Å². The van der Waals surface area contributed by atoms with Gasteiger partial charge in [-0.15, -0.1) is 26.3 Å². The molecule has 0 saturated heterocycles. The summed E-state index contributed by atoms with van der Waals surface area (Å²) in [5.41, 5.74) is 33.2. The number of carbonyl (C=O) groups excluding carboxylic acids is 1. The number of fused-ring (bicyclic) bond motifs is 4. The van der Waals surface area contributed by atoms with Gasteiger partial charge < -0.3 is 62.5 Å². The molecule has 0 saturated carbocycles. The number of nitrogens with one attached hydrogen (secondary N) is 2. The molecule has 0 radical (unpaired) electrons. The van der Waals surface area contributed by atoms with E-state index in [0.717, 1.165) is 68.1 Å². The van der Waals surface area contributed by atoms with E-state index in [-0.39, 0.29) is 5.91 Å². The Morgan fingerprint density at radius 1 is 0.536 bits per heavy atom. The van der Waals surface area contributed by atoms with E-state index in [0.29, 0.717) is 77.2 Å². The van der Waals surface area contributed by atoms with E-state index < -0.39 is 0 Å². The molecule has 8 aromatic heterocycles. The van der Waals surface area contributed by atoms with Gasteiger partial charge in [0.15, 0.2) is 45.9 Å². The molecule has 0 bridgehead atoms. The lowest BCUT2D eigenvalue weighted by atomic mass is 10.4. The van der Waals surface area contributed by atoms with Gasteiger partial charge >= 0.3 is 0 Å². The number of nitrogen functional groups attached to an aromatic ring is 4. The van der Waals surface area contributed by atoms with Crippen molar-refractivity contribution < 1.29 is 4.79 Å². The molecule has 25 nitrogen and oxygen atoms in total. The van der Waals surface area contributed by atoms with Crippen LogP contribution in [0.1, 0.15) is 0 Å². The molecule has 69 heavy (non-hydrogen) atoms. The molecule has 0 spiro atoms. The minimum Gasteiger partial charge on any atom is -0.382 e. The largest absolute Gasteiger partial charge is 0.382 e. The highest BCUT2D eigenvalue weighted by atomic mass is 79.9. The van der Waals surface area contributed by atoms with Crippen LogP contribution in [0.5, 0.6) is 0 Å². The van der Waals surface area contributed by atoms with Gasteiger partial charge in [-0.1, -0.05) is 46.8 Å². The fraction of sp³-hybridized carbons (Fsp3) is 0.279. The normalized spacial score (nSPS) is 10.4. The first-order valence-electron chi connectivity index (χ1n) is 21.2. The van der Waals surface area contributed by atoms with E-state index in [1.54, 1.807) is 42.4 Å². The summed E-state index contributed by atoms with van der Waals surface area (Å²) in [5.74, 6) is 1.48. The predicted molar refractivity (Wildman–Crippen MR) is 275 cm³/mol. The molecule has 0 aliphatic carbocycles. The van der Waals surface area contributed by atoms with Gasteiger partial charge in [-0.05, 0) is 6.08 Å². The van der Waals surface area contributed by atoms with Gasteiger partial charge in [0.2, 0.25) is 5.91 Å². The zero-order valence-electron chi connectivity index (χ0n) is 38.3. The van der Waals surface area contributed by atoms with E-state index in [9.17, 15) is 4.79 Å². The van der Waals surface area contributed by atoms with Crippen LogP contribution in [-0.2, 0) is 31.0 Å². The number of amides is 1. The second-order valence-corrected chi connectivity index (χ2v) is 14.7. The molecule has 0 unspecified atom stereocenters. The predicted octanol–water partition coefficient (Wildman–Crippen LogP) is 1.91. The Kier molecular flexibility index (Phi) is 22.4. The highest BCUT2D eigenvalue weighted by Crippen LogP contribution is 2.17. The monoisotopic (exact) mass is 1010 g/mol. The Morgan fingerprint density at radius 3 is 1.19 bits per heavy atom. The Bertz CT molecular complexity index is 2790. The fourth-order valence-electron chi connectivity index (χ4n) is 5.95. The molecule has 0 fully saturated rings. The highest BCUT2D eigenvalue weighted by Gasteiger charge is 2.12. The number of hydrogen-bond donors (Lipinski definition) is 7. The van der Waals surface area contributed by atoms with Gasteiger partial charge in [-0.25, -0.2) is 59.8 Å². The van der Waals surface area contributed by atoms with Crippen molar-refractivity contribution in [1.29, 1.82) is 0 Å². The average molecular weight is 1010 g/mol.